The third-order valence-electron chi connectivity index (χ3n) is 4.17. The van der Waals surface area contributed by atoms with Gasteiger partial charge >= 0.3 is 0 Å². The Bertz CT molecular complexity index is 799. The van der Waals surface area contributed by atoms with E-state index < -0.39 is 0 Å². The van der Waals surface area contributed by atoms with Crippen LogP contribution < -0.4 is 5.32 Å². The average Bonchev–Trinajstić information content (AvgIpc) is 3.14. The second kappa shape index (κ2) is 8.24. The smallest absolute Gasteiger partial charge is 0.227 e. The second-order valence-corrected chi connectivity index (χ2v) is 5.92. The van der Waals surface area contributed by atoms with E-state index in [1.54, 1.807) is 6.33 Å². The van der Waals surface area contributed by atoms with Crippen molar-refractivity contribution in [2.75, 3.05) is 0 Å². The van der Waals surface area contributed by atoms with Gasteiger partial charge in [-0.1, -0.05) is 61.9 Å². The summed E-state index contributed by atoms with van der Waals surface area (Å²) < 4.78 is 1.89. The number of benzene rings is 2. The molecule has 1 heterocycles. The molecule has 0 spiro atoms. The molecule has 3 rings (SSSR count). The van der Waals surface area contributed by atoms with Gasteiger partial charge in [0.1, 0.15) is 6.33 Å². The van der Waals surface area contributed by atoms with E-state index in [1.807, 2.05) is 65.2 Å². The number of rotatable bonds is 7. The van der Waals surface area contributed by atoms with E-state index >= 15 is 0 Å². The maximum absolute atomic E-state index is 12.7. The Hall–Kier alpha value is -2.95. The molecular formula is C20H22N4O. The SMILES string of the molecule is CCCC(C(=O)NCc1nncn1-c1ccccc1)c1ccccc1. The normalized spacial score (nSPS) is 11.9. The van der Waals surface area contributed by atoms with E-state index in [4.69, 9.17) is 0 Å². The van der Waals surface area contributed by atoms with Gasteiger partial charge in [0.2, 0.25) is 5.91 Å². The van der Waals surface area contributed by atoms with Crippen molar-refractivity contribution in [3.8, 4) is 5.69 Å². The Morgan fingerprint density at radius 2 is 1.76 bits per heavy atom. The van der Waals surface area contributed by atoms with Crippen molar-refractivity contribution in [2.24, 2.45) is 0 Å². The predicted octanol–water partition coefficient (Wildman–Crippen LogP) is 3.47. The van der Waals surface area contributed by atoms with E-state index in [1.165, 1.54) is 0 Å². The van der Waals surface area contributed by atoms with Gasteiger partial charge in [0.05, 0.1) is 12.5 Å². The van der Waals surface area contributed by atoms with Gasteiger partial charge in [-0.15, -0.1) is 10.2 Å². The topological polar surface area (TPSA) is 59.8 Å². The molecule has 1 unspecified atom stereocenters. The monoisotopic (exact) mass is 334 g/mol. The molecule has 0 aliphatic rings. The van der Waals surface area contributed by atoms with Crippen molar-refractivity contribution in [3.63, 3.8) is 0 Å². The van der Waals surface area contributed by atoms with Crippen molar-refractivity contribution < 1.29 is 4.79 Å². The molecule has 25 heavy (non-hydrogen) atoms. The number of amides is 1. The van der Waals surface area contributed by atoms with Crippen molar-refractivity contribution in [1.82, 2.24) is 20.1 Å². The lowest BCUT2D eigenvalue weighted by molar-refractivity contribution is -0.122. The molecule has 0 bridgehead atoms. The third-order valence-corrected chi connectivity index (χ3v) is 4.17. The highest BCUT2D eigenvalue weighted by atomic mass is 16.1. The number of hydrogen-bond acceptors (Lipinski definition) is 3. The summed E-state index contributed by atoms with van der Waals surface area (Å²) >= 11 is 0. The minimum absolute atomic E-state index is 0.0238. The minimum Gasteiger partial charge on any atom is -0.348 e. The van der Waals surface area contributed by atoms with Crippen molar-refractivity contribution >= 4 is 5.91 Å². The summed E-state index contributed by atoms with van der Waals surface area (Å²) in [7, 11) is 0. The number of hydrogen-bond donors (Lipinski definition) is 1. The summed E-state index contributed by atoms with van der Waals surface area (Å²) in [5, 5.41) is 11.1. The van der Waals surface area contributed by atoms with Crippen LogP contribution in [0, 0.1) is 0 Å². The Balaban J connectivity index is 1.71. The predicted molar refractivity (Wildman–Crippen MR) is 97.3 cm³/mol. The van der Waals surface area contributed by atoms with Crippen LogP contribution in [0.2, 0.25) is 0 Å². The number of nitrogens with zero attached hydrogens (tertiary/aromatic N) is 3. The molecule has 1 amide bonds. The van der Waals surface area contributed by atoms with E-state index in [9.17, 15) is 4.79 Å². The largest absolute Gasteiger partial charge is 0.348 e. The highest BCUT2D eigenvalue weighted by Gasteiger charge is 2.20. The number of para-hydroxylation sites is 1. The van der Waals surface area contributed by atoms with Crippen molar-refractivity contribution in [2.45, 2.75) is 32.2 Å². The number of aromatic nitrogens is 3. The molecule has 1 atom stereocenters. The van der Waals surface area contributed by atoms with Crippen LogP contribution in [0.1, 0.15) is 37.1 Å². The molecular weight excluding hydrogens is 312 g/mol. The van der Waals surface area contributed by atoms with Crippen LogP contribution in [0.15, 0.2) is 67.0 Å². The van der Waals surface area contributed by atoms with Gasteiger partial charge < -0.3 is 5.32 Å². The summed E-state index contributed by atoms with van der Waals surface area (Å²) in [6.45, 7) is 2.44. The molecule has 0 saturated carbocycles. The van der Waals surface area contributed by atoms with E-state index in [0.717, 1.165) is 24.1 Å². The van der Waals surface area contributed by atoms with Crippen LogP contribution in [0.4, 0.5) is 0 Å². The Morgan fingerprint density at radius 1 is 1.08 bits per heavy atom. The van der Waals surface area contributed by atoms with Gasteiger partial charge in [-0.25, -0.2) is 0 Å². The molecule has 2 aromatic carbocycles. The molecule has 0 aliphatic carbocycles. The first-order valence-corrected chi connectivity index (χ1v) is 8.56. The number of carbonyl (C=O) groups is 1. The zero-order chi connectivity index (χ0) is 17.5. The fourth-order valence-corrected chi connectivity index (χ4v) is 2.90. The number of carbonyl (C=O) groups excluding carboxylic acids is 1. The van der Waals surface area contributed by atoms with E-state index in [0.29, 0.717) is 12.4 Å². The quantitative estimate of drug-likeness (QED) is 0.720. The van der Waals surface area contributed by atoms with E-state index in [2.05, 4.69) is 22.4 Å². The Labute approximate surface area is 147 Å². The van der Waals surface area contributed by atoms with Crippen LogP contribution in [0.5, 0.6) is 0 Å². The first-order chi connectivity index (χ1) is 12.3. The molecule has 5 nitrogen and oxygen atoms in total. The highest BCUT2D eigenvalue weighted by Crippen LogP contribution is 2.21. The van der Waals surface area contributed by atoms with Gasteiger partial charge in [-0.3, -0.25) is 9.36 Å². The molecule has 128 valence electrons. The lowest BCUT2D eigenvalue weighted by atomic mass is 9.94. The first kappa shape index (κ1) is 16.9. The lowest BCUT2D eigenvalue weighted by Crippen LogP contribution is -2.30. The zero-order valence-corrected chi connectivity index (χ0v) is 14.3. The molecule has 1 N–H and O–H groups in total. The van der Waals surface area contributed by atoms with Crippen molar-refractivity contribution in [3.05, 3.63) is 78.4 Å². The fourth-order valence-electron chi connectivity index (χ4n) is 2.90. The summed E-state index contributed by atoms with van der Waals surface area (Å²) in [4.78, 5) is 12.7. The Morgan fingerprint density at radius 3 is 2.44 bits per heavy atom. The van der Waals surface area contributed by atoms with Crippen LogP contribution in [-0.2, 0) is 11.3 Å². The molecule has 0 fully saturated rings. The van der Waals surface area contributed by atoms with Crippen LogP contribution in [-0.4, -0.2) is 20.7 Å². The van der Waals surface area contributed by atoms with Gasteiger partial charge in [0.25, 0.3) is 0 Å². The zero-order valence-electron chi connectivity index (χ0n) is 14.3. The van der Waals surface area contributed by atoms with Gasteiger partial charge in [0.15, 0.2) is 5.82 Å². The lowest BCUT2D eigenvalue weighted by Gasteiger charge is -2.16. The summed E-state index contributed by atoms with van der Waals surface area (Å²) in [6.07, 6.45) is 3.44. The maximum Gasteiger partial charge on any atom is 0.227 e. The molecule has 0 aliphatic heterocycles. The first-order valence-electron chi connectivity index (χ1n) is 8.56. The Kier molecular flexibility index (Phi) is 5.57. The maximum atomic E-state index is 12.7. The second-order valence-electron chi connectivity index (χ2n) is 5.92. The van der Waals surface area contributed by atoms with Crippen LogP contribution >= 0.6 is 0 Å². The van der Waals surface area contributed by atoms with Crippen molar-refractivity contribution in [1.29, 1.82) is 0 Å². The molecule has 0 saturated heterocycles. The average molecular weight is 334 g/mol. The summed E-state index contributed by atoms with van der Waals surface area (Å²) in [5.74, 6) is 0.595. The minimum atomic E-state index is -0.140. The van der Waals surface area contributed by atoms with Crippen LogP contribution in [0.3, 0.4) is 0 Å². The molecule has 3 aromatic rings. The molecule has 0 radical (unpaired) electrons. The standard InChI is InChI=1S/C20H22N4O/c1-2-9-18(16-10-5-3-6-11-16)20(25)21-14-19-23-22-15-24(19)17-12-7-4-8-13-17/h3-8,10-13,15,18H,2,9,14H2,1H3,(H,21,25). The highest BCUT2D eigenvalue weighted by molar-refractivity contribution is 5.83. The fraction of sp³-hybridized carbons (Fsp3) is 0.250. The number of nitrogens with one attached hydrogen (secondary N) is 1. The van der Waals surface area contributed by atoms with Gasteiger partial charge in [-0.2, -0.15) is 0 Å². The van der Waals surface area contributed by atoms with E-state index in [-0.39, 0.29) is 11.8 Å². The molecule has 1 aromatic heterocycles. The molecule has 5 heteroatoms. The third kappa shape index (κ3) is 4.12. The van der Waals surface area contributed by atoms with Gasteiger partial charge in [-0.05, 0) is 24.1 Å². The van der Waals surface area contributed by atoms with Crippen LogP contribution in [0.25, 0.3) is 5.69 Å². The summed E-state index contributed by atoms with van der Waals surface area (Å²) in [5.41, 5.74) is 2.02. The van der Waals surface area contributed by atoms with Gasteiger partial charge in [0, 0.05) is 5.69 Å². The summed E-state index contributed by atoms with van der Waals surface area (Å²) in [6, 6.07) is 19.8.